The van der Waals surface area contributed by atoms with Gasteiger partial charge in [0.2, 0.25) is 0 Å². The molecule has 0 heterocycles. The number of ether oxygens (including phenoxy) is 1. The van der Waals surface area contributed by atoms with Gasteiger partial charge in [-0.3, -0.25) is 4.79 Å². The number of aryl methyl sites for hydroxylation is 1. The third-order valence-corrected chi connectivity index (χ3v) is 5.47. The maximum Gasteiger partial charge on any atom is 0.257 e. The summed E-state index contributed by atoms with van der Waals surface area (Å²) >= 11 is 0. The van der Waals surface area contributed by atoms with Crippen LogP contribution in [0.25, 0.3) is 0 Å². The molecule has 0 fully saturated rings. The Balaban J connectivity index is 1.84. The highest BCUT2D eigenvalue weighted by Gasteiger charge is 2.27. The highest BCUT2D eigenvalue weighted by molar-refractivity contribution is 5.84. The van der Waals surface area contributed by atoms with Crippen LogP contribution in [-0.2, 0) is 11.2 Å². The molecule has 31 heavy (non-hydrogen) atoms. The zero-order chi connectivity index (χ0) is 23.0. The maximum absolute atomic E-state index is 13.7. The molecular weight excluding hydrogens is 391 g/mol. The molecule has 2 aromatic carbocycles. The Morgan fingerprint density at radius 1 is 1.10 bits per heavy atom. The summed E-state index contributed by atoms with van der Waals surface area (Å²) < 4.78 is 19.2. The van der Waals surface area contributed by atoms with Gasteiger partial charge in [-0.25, -0.2) is 4.39 Å². The van der Waals surface area contributed by atoms with Gasteiger partial charge in [0.15, 0.2) is 5.67 Å². The third kappa shape index (κ3) is 7.89. The monoisotopic (exact) mass is 428 g/mol. The minimum absolute atomic E-state index is 0.241. The molecule has 0 saturated carbocycles. The van der Waals surface area contributed by atoms with Crippen LogP contribution in [0.15, 0.2) is 48.5 Å². The van der Waals surface area contributed by atoms with Gasteiger partial charge in [0.25, 0.3) is 5.91 Å². The van der Waals surface area contributed by atoms with E-state index in [2.05, 4.69) is 48.5 Å². The normalized spacial score (nSPS) is 13.4. The van der Waals surface area contributed by atoms with Crippen molar-refractivity contribution in [3.8, 4) is 5.75 Å². The van der Waals surface area contributed by atoms with Crippen LogP contribution in [0.5, 0.6) is 5.75 Å². The molecule has 5 heteroatoms. The Hall–Kier alpha value is -2.56. The van der Waals surface area contributed by atoms with Crippen molar-refractivity contribution in [3.05, 3.63) is 59.7 Å². The fourth-order valence-electron chi connectivity index (χ4n) is 3.47. The Bertz CT molecular complexity index is 813. The van der Waals surface area contributed by atoms with Crippen LogP contribution in [0.4, 0.5) is 10.1 Å². The number of carbonyl (C=O) groups excluding carboxylic acids is 1. The molecule has 2 aromatic rings. The smallest absolute Gasteiger partial charge is 0.257 e. The van der Waals surface area contributed by atoms with Crippen molar-refractivity contribution in [3.63, 3.8) is 0 Å². The lowest BCUT2D eigenvalue weighted by Crippen LogP contribution is -2.40. The molecule has 2 atom stereocenters. The number of benzene rings is 2. The predicted octanol–water partition coefficient (Wildman–Crippen LogP) is 5.72. The number of hydrogen-bond donors (Lipinski definition) is 1. The second kappa shape index (κ2) is 11.2. The number of halogens is 1. The maximum atomic E-state index is 13.7. The average molecular weight is 429 g/mol. The van der Waals surface area contributed by atoms with Crippen LogP contribution in [0.1, 0.15) is 58.2 Å². The molecule has 1 N–H and O–H groups in total. The molecular formula is C26H37FN2O2. The number of nitrogens with zero attached hydrogens (tertiary/aromatic N) is 1. The molecule has 0 aliphatic carbocycles. The molecule has 0 radical (unpaired) electrons. The molecule has 0 spiro atoms. The predicted molar refractivity (Wildman–Crippen MR) is 127 cm³/mol. The summed E-state index contributed by atoms with van der Waals surface area (Å²) in [6, 6.07) is 16.2. The summed E-state index contributed by atoms with van der Waals surface area (Å²) in [6.45, 7) is 10.3. The van der Waals surface area contributed by atoms with E-state index in [1.807, 2.05) is 38.1 Å². The lowest BCUT2D eigenvalue weighted by Gasteiger charge is -2.24. The fraction of sp³-hybridized carbons (Fsp3) is 0.500. The summed E-state index contributed by atoms with van der Waals surface area (Å²) in [5.74, 6) is 0.869. The van der Waals surface area contributed by atoms with Crippen molar-refractivity contribution in [2.75, 3.05) is 25.1 Å². The van der Waals surface area contributed by atoms with Crippen LogP contribution in [0.2, 0.25) is 0 Å². The first-order valence-electron chi connectivity index (χ1n) is 11.1. The lowest BCUT2D eigenvalue weighted by molar-refractivity contribution is -0.131. The Morgan fingerprint density at radius 2 is 1.71 bits per heavy atom. The Labute approximate surface area is 186 Å². The summed E-state index contributed by atoms with van der Waals surface area (Å²) in [5, 5.41) is 2.72. The third-order valence-electron chi connectivity index (χ3n) is 5.47. The second-order valence-corrected chi connectivity index (χ2v) is 8.86. The number of amides is 1. The molecule has 0 saturated heterocycles. The van der Waals surface area contributed by atoms with E-state index in [0.29, 0.717) is 12.5 Å². The number of carbonyl (C=O) groups is 1. The van der Waals surface area contributed by atoms with Gasteiger partial charge >= 0.3 is 0 Å². The standard InChI is InChI=1S/C26H37FN2O2/c1-7-31-24-16-10-21(11-17-24)9-8-19(2)18-29(6)23-14-12-22(13-15-23)20(3)28-25(30)26(4,5)27/h10-17,19-20H,7-9,18H2,1-6H3,(H,28,30). The van der Waals surface area contributed by atoms with E-state index in [-0.39, 0.29) is 6.04 Å². The number of anilines is 1. The van der Waals surface area contributed by atoms with Gasteiger partial charge in [-0.15, -0.1) is 0 Å². The molecule has 0 aromatic heterocycles. The van der Waals surface area contributed by atoms with Crippen LogP contribution < -0.4 is 15.0 Å². The molecule has 2 unspecified atom stereocenters. The quantitative estimate of drug-likeness (QED) is 0.498. The SMILES string of the molecule is CCOc1ccc(CCC(C)CN(C)c2ccc(C(C)NC(=O)C(C)(C)F)cc2)cc1. The highest BCUT2D eigenvalue weighted by atomic mass is 19.1. The van der Waals surface area contributed by atoms with Gasteiger partial charge in [-0.2, -0.15) is 0 Å². The zero-order valence-corrected chi connectivity index (χ0v) is 19.7. The first-order chi connectivity index (χ1) is 14.6. The largest absolute Gasteiger partial charge is 0.494 e. The van der Waals surface area contributed by atoms with Crippen molar-refractivity contribution in [1.82, 2.24) is 5.32 Å². The average Bonchev–Trinajstić information content (AvgIpc) is 2.72. The van der Waals surface area contributed by atoms with Crippen molar-refractivity contribution in [2.45, 2.75) is 59.2 Å². The van der Waals surface area contributed by atoms with E-state index in [9.17, 15) is 9.18 Å². The molecule has 0 aliphatic heterocycles. The fourth-order valence-corrected chi connectivity index (χ4v) is 3.47. The van der Waals surface area contributed by atoms with Gasteiger partial charge in [-0.1, -0.05) is 31.2 Å². The number of hydrogen-bond acceptors (Lipinski definition) is 3. The number of alkyl halides is 1. The van der Waals surface area contributed by atoms with Gasteiger partial charge in [0.05, 0.1) is 12.6 Å². The number of nitrogens with one attached hydrogen (secondary N) is 1. The van der Waals surface area contributed by atoms with E-state index >= 15 is 0 Å². The molecule has 170 valence electrons. The Morgan fingerprint density at radius 3 is 2.26 bits per heavy atom. The molecule has 2 rings (SSSR count). The van der Waals surface area contributed by atoms with Gasteiger partial charge in [-0.05, 0) is 81.8 Å². The molecule has 1 amide bonds. The van der Waals surface area contributed by atoms with Gasteiger partial charge in [0, 0.05) is 19.3 Å². The molecule has 4 nitrogen and oxygen atoms in total. The van der Waals surface area contributed by atoms with Crippen molar-refractivity contribution in [1.29, 1.82) is 0 Å². The Kier molecular flexibility index (Phi) is 8.90. The van der Waals surface area contributed by atoms with Gasteiger partial charge in [0.1, 0.15) is 5.75 Å². The van der Waals surface area contributed by atoms with E-state index in [1.165, 1.54) is 19.4 Å². The van der Waals surface area contributed by atoms with Crippen molar-refractivity contribution >= 4 is 11.6 Å². The first-order valence-corrected chi connectivity index (χ1v) is 11.1. The van der Waals surface area contributed by atoms with Crippen LogP contribution in [0, 0.1) is 5.92 Å². The van der Waals surface area contributed by atoms with E-state index in [0.717, 1.165) is 36.4 Å². The van der Waals surface area contributed by atoms with E-state index in [1.54, 1.807) is 0 Å². The minimum Gasteiger partial charge on any atom is -0.494 e. The zero-order valence-electron chi connectivity index (χ0n) is 19.7. The summed E-state index contributed by atoms with van der Waals surface area (Å²) in [5.41, 5.74) is 1.53. The minimum atomic E-state index is -1.88. The van der Waals surface area contributed by atoms with Crippen LogP contribution in [-0.4, -0.2) is 31.8 Å². The van der Waals surface area contributed by atoms with Gasteiger partial charge < -0.3 is 15.0 Å². The number of rotatable bonds is 11. The topological polar surface area (TPSA) is 41.6 Å². The summed E-state index contributed by atoms with van der Waals surface area (Å²) in [6.07, 6.45) is 2.15. The van der Waals surface area contributed by atoms with E-state index < -0.39 is 11.6 Å². The highest BCUT2D eigenvalue weighted by Crippen LogP contribution is 2.22. The molecule has 0 aliphatic rings. The summed E-state index contributed by atoms with van der Waals surface area (Å²) in [7, 11) is 2.10. The van der Waals surface area contributed by atoms with Crippen LogP contribution >= 0.6 is 0 Å². The van der Waals surface area contributed by atoms with Crippen LogP contribution in [0.3, 0.4) is 0 Å². The molecule has 0 bridgehead atoms. The lowest BCUT2D eigenvalue weighted by atomic mass is 10.00. The van der Waals surface area contributed by atoms with Crippen molar-refractivity contribution < 1.29 is 13.9 Å². The van der Waals surface area contributed by atoms with Crippen molar-refractivity contribution in [2.24, 2.45) is 5.92 Å². The first kappa shape index (κ1) is 24.7. The second-order valence-electron chi connectivity index (χ2n) is 8.86. The van der Waals surface area contributed by atoms with E-state index in [4.69, 9.17) is 4.74 Å². The summed E-state index contributed by atoms with van der Waals surface area (Å²) in [4.78, 5) is 14.1.